The summed E-state index contributed by atoms with van der Waals surface area (Å²) >= 11 is 12.3. The van der Waals surface area contributed by atoms with Gasteiger partial charge >= 0.3 is 0 Å². The van der Waals surface area contributed by atoms with Crippen molar-refractivity contribution >= 4 is 45.6 Å². The number of rotatable bonds is 1. The number of carbonyl (C=O) groups excluding carboxylic acids is 1. The molecule has 1 aliphatic heterocycles. The number of carbonyl (C=O) groups is 1. The van der Waals surface area contributed by atoms with Crippen molar-refractivity contribution in [3.63, 3.8) is 0 Å². The number of benzene rings is 3. The van der Waals surface area contributed by atoms with E-state index in [-0.39, 0.29) is 11.8 Å². The Labute approximate surface area is 150 Å². The summed E-state index contributed by atoms with van der Waals surface area (Å²) in [4.78, 5) is 14.2. The normalized spacial score (nSPS) is 17.2. The van der Waals surface area contributed by atoms with E-state index in [4.69, 9.17) is 23.2 Å². The second-order valence-electron chi connectivity index (χ2n) is 6.10. The standard InChI is InChI=1S/C20H15Cl2NO/c1-23-18-9-7-12-4-2-3-5-14(12)20(18)15(11-19(23)24)13-6-8-16(21)17(22)10-13/h2-10,15H,11H2,1H3. The summed E-state index contributed by atoms with van der Waals surface area (Å²) in [6.45, 7) is 0. The van der Waals surface area contributed by atoms with Crippen LogP contribution >= 0.6 is 23.2 Å². The quantitative estimate of drug-likeness (QED) is 0.552. The maximum absolute atomic E-state index is 12.5. The highest BCUT2D eigenvalue weighted by Gasteiger charge is 2.31. The highest BCUT2D eigenvalue weighted by atomic mass is 35.5. The molecule has 1 atom stereocenters. The van der Waals surface area contributed by atoms with Gasteiger partial charge in [-0.2, -0.15) is 0 Å². The van der Waals surface area contributed by atoms with Crippen LogP contribution in [0.3, 0.4) is 0 Å². The number of hydrogen-bond donors (Lipinski definition) is 0. The topological polar surface area (TPSA) is 20.3 Å². The molecule has 1 amide bonds. The number of hydrogen-bond acceptors (Lipinski definition) is 1. The minimum absolute atomic E-state index is 0.0235. The maximum Gasteiger partial charge on any atom is 0.227 e. The van der Waals surface area contributed by atoms with Crippen molar-refractivity contribution < 1.29 is 4.79 Å². The molecule has 0 spiro atoms. The van der Waals surface area contributed by atoms with Crippen LogP contribution in [0.5, 0.6) is 0 Å². The average Bonchev–Trinajstić information content (AvgIpc) is 2.60. The lowest BCUT2D eigenvalue weighted by molar-refractivity contribution is -0.118. The van der Waals surface area contributed by atoms with Crippen LogP contribution < -0.4 is 4.90 Å². The molecule has 24 heavy (non-hydrogen) atoms. The molecule has 4 heteroatoms. The van der Waals surface area contributed by atoms with Crippen molar-refractivity contribution in [1.82, 2.24) is 0 Å². The molecule has 1 unspecified atom stereocenters. The van der Waals surface area contributed by atoms with E-state index < -0.39 is 0 Å². The van der Waals surface area contributed by atoms with Crippen LogP contribution in [-0.4, -0.2) is 13.0 Å². The van der Waals surface area contributed by atoms with Gasteiger partial charge < -0.3 is 4.90 Å². The predicted octanol–water partition coefficient (Wildman–Crippen LogP) is 5.65. The zero-order valence-corrected chi connectivity index (χ0v) is 14.6. The fourth-order valence-electron chi connectivity index (χ4n) is 3.50. The smallest absolute Gasteiger partial charge is 0.227 e. The molecule has 1 aliphatic rings. The van der Waals surface area contributed by atoms with Crippen molar-refractivity contribution in [3.05, 3.63) is 75.8 Å². The van der Waals surface area contributed by atoms with Gasteiger partial charge in [0.2, 0.25) is 5.91 Å². The van der Waals surface area contributed by atoms with Crippen LogP contribution in [0, 0.1) is 0 Å². The van der Waals surface area contributed by atoms with Gasteiger partial charge in [0.05, 0.1) is 10.0 Å². The number of anilines is 1. The summed E-state index contributed by atoms with van der Waals surface area (Å²) in [6.07, 6.45) is 0.426. The maximum atomic E-state index is 12.5. The minimum Gasteiger partial charge on any atom is -0.315 e. The van der Waals surface area contributed by atoms with Gasteiger partial charge in [0.1, 0.15) is 0 Å². The molecule has 4 rings (SSSR count). The zero-order valence-electron chi connectivity index (χ0n) is 13.1. The Hall–Kier alpha value is -2.03. The molecule has 0 aromatic heterocycles. The van der Waals surface area contributed by atoms with Gasteiger partial charge in [0.25, 0.3) is 0 Å². The van der Waals surface area contributed by atoms with Crippen molar-refractivity contribution in [1.29, 1.82) is 0 Å². The van der Waals surface area contributed by atoms with Crippen LogP contribution in [0.2, 0.25) is 10.0 Å². The molecule has 0 saturated heterocycles. The Kier molecular flexibility index (Phi) is 3.75. The molecule has 3 aromatic rings. The second kappa shape index (κ2) is 5.80. The van der Waals surface area contributed by atoms with Crippen LogP contribution in [-0.2, 0) is 4.79 Å². The van der Waals surface area contributed by atoms with Gasteiger partial charge in [0.15, 0.2) is 0 Å². The van der Waals surface area contributed by atoms with Crippen molar-refractivity contribution in [3.8, 4) is 0 Å². The molecule has 0 bridgehead atoms. The van der Waals surface area contributed by atoms with Crippen LogP contribution in [0.4, 0.5) is 5.69 Å². The zero-order chi connectivity index (χ0) is 16.8. The molecular weight excluding hydrogens is 341 g/mol. The van der Waals surface area contributed by atoms with Gasteiger partial charge in [-0.25, -0.2) is 0 Å². The van der Waals surface area contributed by atoms with E-state index >= 15 is 0 Å². The van der Waals surface area contributed by atoms with E-state index in [1.807, 2.05) is 37.4 Å². The molecule has 3 aromatic carbocycles. The molecule has 2 nitrogen and oxygen atoms in total. The Balaban J connectivity index is 2.00. The third kappa shape index (κ3) is 2.38. The minimum atomic E-state index is -0.0235. The van der Waals surface area contributed by atoms with Crippen molar-refractivity contribution in [2.24, 2.45) is 0 Å². The van der Waals surface area contributed by atoms with Gasteiger partial charge in [-0.05, 0) is 40.1 Å². The van der Waals surface area contributed by atoms with E-state index in [0.717, 1.165) is 11.3 Å². The summed E-state index contributed by atoms with van der Waals surface area (Å²) in [6, 6.07) is 18.0. The number of amides is 1. The Morgan fingerprint density at radius 2 is 1.79 bits per heavy atom. The fourth-order valence-corrected chi connectivity index (χ4v) is 3.81. The summed E-state index contributed by atoms with van der Waals surface area (Å²) in [5.41, 5.74) is 3.15. The van der Waals surface area contributed by atoms with Gasteiger partial charge in [-0.15, -0.1) is 0 Å². The molecule has 120 valence electrons. The van der Waals surface area contributed by atoms with Crippen LogP contribution in [0.25, 0.3) is 10.8 Å². The summed E-state index contributed by atoms with van der Waals surface area (Å²) in [7, 11) is 1.83. The van der Waals surface area contributed by atoms with E-state index in [0.29, 0.717) is 16.5 Å². The van der Waals surface area contributed by atoms with Gasteiger partial charge in [-0.1, -0.05) is 59.6 Å². The van der Waals surface area contributed by atoms with E-state index in [2.05, 4.69) is 18.2 Å². The molecule has 0 N–H and O–H groups in total. The van der Waals surface area contributed by atoms with Gasteiger partial charge in [0, 0.05) is 25.1 Å². The van der Waals surface area contributed by atoms with Crippen LogP contribution in [0.1, 0.15) is 23.5 Å². The molecule has 0 radical (unpaired) electrons. The highest BCUT2D eigenvalue weighted by molar-refractivity contribution is 6.42. The first-order chi connectivity index (χ1) is 11.6. The molecule has 0 fully saturated rings. The fraction of sp³-hybridized carbons (Fsp3) is 0.150. The Bertz CT molecular complexity index is 967. The lowest BCUT2D eigenvalue weighted by atomic mass is 9.81. The first-order valence-electron chi connectivity index (χ1n) is 7.79. The molecule has 0 aliphatic carbocycles. The third-order valence-electron chi connectivity index (χ3n) is 4.76. The predicted molar refractivity (Wildman–Crippen MR) is 100 cm³/mol. The van der Waals surface area contributed by atoms with E-state index in [1.165, 1.54) is 16.3 Å². The first-order valence-corrected chi connectivity index (χ1v) is 8.55. The SMILES string of the molecule is CN1C(=O)CC(c2ccc(Cl)c(Cl)c2)c2c1ccc1ccccc21. The molecular formula is C20H15Cl2NO. The van der Waals surface area contributed by atoms with E-state index in [9.17, 15) is 4.79 Å². The lowest BCUT2D eigenvalue weighted by Gasteiger charge is -2.33. The van der Waals surface area contributed by atoms with E-state index in [1.54, 1.807) is 11.0 Å². The first kappa shape index (κ1) is 15.5. The van der Waals surface area contributed by atoms with Crippen LogP contribution in [0.15, 0.2) is 54.6 Å². The summed E-state index contributed by atoms with van der Waals surface area (Å²) in [5.74, 6) is 0.0819. The van der Waals surface area contributed by atoms with Crippen molar-refractivity contribution in [2.75, 3.05) is 11.9 Å². The third-order valence-corrected chi connectivity index (χ3v) is 5.50. The molecule has 1 heterocycles. The average molecular weight is 356 g/mol. The summed E-state index contributed by atoms with van der Waals surface area (Å²) in [5, 5.41) is 3.38. The number of nitrogens with zero attached hydrogens (tertiary/aromatic N) is 1. The van der Waals surface area contributed by atoms with Gasteiger partial charge in [-0.3, -0.25) is 4.79 Å². The largest absolute Gasteiger partial charge is 0.315 e. The summed E-state index contributed by atoms with van der Waals surface area (Å²) < 4.78 is 0. The second-order valence-corrected chi connectivity index (χ2v) is 6.92. The number of fused-ring (bicyclic) bond motifs is 3. The monoisotopic (exact) mass is 355 g/mol. The Morgan fingerprint density at radius 3 is 2.58 bits per heavy atom. The lowest BCUT2D eigenvalue weighted by Crippen LogP contribution is -2.33. The van der Waals surface area contributed by atoms with Crippen molar-refractivity contribution in [2.45, 2.75) is 12.3 Å². The number of halogens is 2. The Morgan fingerprint density at radius 1 is 1.00 bits per heavy atom. The molecule has 0 saturated carbocycles. The highest BCUT2D eigenvalue weighted by Crippen LogP contribution is 2.44.